The highest BCUT2D eigenvalue weighted by Crippen LogP contribution is 2.01. The molecule has 3 nitrogen and oxygen atoms in total. The van der Waals surface area contributed by atoms with Crippen molar-refractivity contribution in [1.82, 2.24) is 4.90 Å². The summed E-state index contributed by atoms with van der Waals surface area (Å²) >= 11 is 0. The molecule has 1 aromatic rings. The highest BCUT2D eigenvalue weighted by molar-refractivity contribution is 6.23. The van der Waals surface area contributed by atoms with Crippen LogP contribution >= 0.6 is 0 Å². The molecule has 0 radical (unpaired) electrons. The fraction of sp³-hybridized carbons (Fsp3) is 0.200. The minimum atomic E-state index is -0.496. The van der Waals surface area contributed by atoms with Crippen LogP contribution < -0.4 is 0 Å². The van der Waals surface area contributed by atoms with Crippen molar-refractivity contribution in [1.29, 1.82) is 0 Å². The molecule has 0 fully saturated rings. The Morgan fingerprint density at radius 1 is 1.38 bits per heavy atom. The Hall–Kier alpha value is -1.64. The number of amides is 1. The molecule has 0 N–H and O–H groups in total. The van der Waals surface area contributed by atoms with Gasteiger partial charge in [-0.1, -0.05) is 30.3 Å². The highest BCUT2D eigenvalue weighted by Gasteiger charge is 2.06. The van der Waals surface area contributed by atoms with E-state index in [4.69, 9.17) is 0 Å². The Morgan fingerprint density at radius 3 is 2.54 bits per heavy atom. The third-order valence-electron chi connectivity index (χ3n) is 1.74. The van der Waals surface area contributed by atoms with Crippen LogP contribution in [0.2, 0.25) is 0 Å². The van der Waals surface area contributed by atoms with Gasteiger partial charge < -0.3 is 4.90 Å². The van der Waals surface area contributed by atoms with Crippen LogP contribution in [0.1, 0.15) is 5.56 Å². The average molecular weight is 177 g/mol. The van der Waals surface area contributed by atoms with Gasteiger partial charge >= 0.3 is 0 Å². The molecule has 3 heteroatoms. The van der Waals surface area contributed by atoms with E-state index in [9.17, 15) is 9.59 Å². The van der Waals surface area contributed by atoms with Crippen molar-refractivity contribution in [2.75, 3.05) is 7.05 Å². The van der Waals surface area contributed by atoms with Gasteiger partial charge in [-0.15, -0.1) is 0 Å². The first-order valence-corrected chi connectivity index (χ1v) is 3.98. The Balaban J connectivity index is 2.60. The van der Waals surface area contributed by atoms with E-state index in [0.717, 1.165) is 5.56 Å². The number of hydrogen-bond donors (Lipinski definition) is 0. The Kier molecular flexibility index (Phi) is 3.20. The number of aldehydes is 1. The molecule has 0 saturated carbocycles. The van der Waals surface area contributed by atoms with E-state index < -0.39 is 5.91 Å². The van der Waals surface area contributed by atoms with Crippen molar-refractivity contribution in [2.45, 2.75) is 6.54 Å². The van der Waals surface area contributed by atoms with Crippen molar-refractivity contribution in [3.05, 3.63) is 35.9 Å². The van der Waals surface area contributed by atoms with Crippen LogP contribution in [0.3, 0.4) is 0 Å². The molecule has 0 aliphatic heterocycles. The van der Waals surface area contributed by atoms with Gasteiger partial charge in [0.2, 0.25) is 6.29 Å². The average Bonchev–Trinajstić information content (AvgIpc) is 2.18. The molecular weight excluding hydrogens is 166 g/mol. The molecule has 1 aromatic carbocycles. The van der Waals surface area contributed by atoms with Crippen molar-refractivity contribution >= 4 is 12.2 Å². The summed E-state index contributed by atoms with van der Waals surface area (Å²) in [4.78, 5) is 22.4. The zero-order chi connectivity index (χ0) is 9.68. The van der Waals surface area contributed by atoms with Crippen LogP contribution in [-0.2, 0) is 16.1 Å². The van der Waals surface area contributed by atoms with Crippen molar-refractivity contribution < 1.29 is 9.59 Å². The second-order valence-electron chi connectivity index (χ2n) is 2.80. The second-order valence-corrected chi connectivity index (χ2v) is 2.80. The summed E-state index contributed by atoms with van der Waals surface area (Å²) in [6.45, 7) is 0.471. The first kappa shape index (κ1) is 9.45. The number of rotatable bonds is 3. The van der Waals surface area contributed by atoms with Crippen LogP contribution in [-0.4, -0.2) is 24.1 Å². The van der Waals surface area contributed by atoms with Gasteiger partial charge in [-0.2, -0.15) is 0 Å². The van der Waals surface area contributed by atoms with E-state index in [0.29, 0.717) is 12.8 Å². The normalized spacial score (nSPS) is 9.31. The zero-order valence-electron chi connectivity index (χ0n) is 7.43. The quantitative estimate of drug-likeness (QED) is 0.507. The summed E-state index contributed by atoms with van der Waals surface area (Å²) in [6.07, 6.45) is 0.322. The third kappa shape index (κ3) is 2.71. The topological polar surface area (TPSA) is 37.4 Å². The first-order chi connectivity index (χ1) is 6.24. The number of hydrogen-bond acceptors (Lipinski definition) is 2. The van der Waals surface area contributed by atoms with E-state index in [1.165, 1.54) is 4.90 Å². The fourth-order valence-corrected chi connectivity index (χ4v) is 1.03. The van der Waals surface area contributed by atoms with E-state index in [1.54, 1.807) is 7.05 Å². The summed E-state index contributed by atoms with van der Waals surface area (Å²) in [6, 6.07) is 9.53. The van der Waals surface area contributed by atoms with Crippen LogP contribution in [0.5, 0.6) is 0 Å². The summed E-state index contributed by atoms with van der Waals surface area (Å²) in [7, 11) is 1.60. The zero-order valence-corrected chi connectivity index (χ0v) is 7.43. The van der Waals surface area contributed by atoms with Gasteiger partial charge in [0.05, 0.1) is 0 Å². The largest absolute Gasteiger partial charge is 0.335 e. The van der Waals surface area contributed by atoms with Crippen LogP contribution in [0.15, 0.2) is 30.3 Å². The maximum Gasteiger partial charge on any atom is 0.286 e. The van der Waals surface area contributed by atoms with Crippen LogP contribution in [0.4, 0.5) is 0 Å². The second kappa shape index (κ2) is 4.40. The Morgan fingerprint density at radius 2 is 2.00 bits per heavy atom. The first-order valence-electron chi connectivity index (χ1n) is 3.98. The summed E-state index contributed by atoms with van der Waals surface area (Å²) in [5.74, 6) is -0.496. The lowest BCUT2D eigenvalue weighted by Crippen LogP contribution is -2.26. The lowest BCUT2D eigenvalue weighted by molar-refractivity contribution is -0.138. The Labute approximate surface area is 77.0 Å². The molecule has 68 valence electrons. The SMILES string of the molecule is CN(Cc1ccccc1)C(=O)C=O. The van der Waals surface area contributed by atoms with Crippen molar-refractivity contribution in [3.8, 4) is 0 Å². The van der Waals surface area contributed by atoms with Gasteiger partial charge in [0.25, 0.3) is 5.91 Å². The predicted octanol–water partition coefficient (Wildman–Crippen LogP) is 0.844. The molecule has 0 aliphatic rings. The van der Waals surface area contributed by atoms with E-state index in [1.807, 2.05) is 30.3 Å². The van der Waals surface area contributed by atoms with E-state index >= 15 is 0 Å². The van der Waals surface area contributed by atoms with Gasteiger partial charge in [0.1, 0.15) is 0 Å². The fourth-order valence-electron chi connectivity index (χ4n) is 1.03. The molecule has 0 aliphatic carbocycles. The molecule has 1 amide bonds. The summed E-state index contributed by atoms with van der Waals surface area (Å²) in [5.41, 5.74) is 1.01. The smallest absolute Gasteiger partial charge is 0.286 e. The minimum absolute atomic E-state index is 0.322. The minimum Gasteiger partial charge on any atom is -0.335 e. The lowest BCUT2D eigenvalue weighted by Gasteiger charge is -2.13. The highest BCUT2D eigenvalue weighted by atomic mass is 16.2. The van der Waals surface area contributed by atoms with E-state index in [2.05, 4.69) is 0 Å². The standard InChI is InChI=1S/C10H11NO2/c1-11(10(13)8-12)7-9-5-3-2-4-6-9/h2-6,8H,7H2,1H3. The van der Waals surface area contributed by atoms with Gasteiger partial charge in [0.15, 0.2) is 0 Å². The van der Waals surface area contributed by atoms with Gasteiger partial charge in [-0.3, -0.25) is 9.59 Å². The van der Waals surface area contributed by atoms with Crippen molar-refractivity contribution in [2.24, 2.45) is 0 Å². The predicted molar refractivity (Wildman–Crippen MR) is 49.0 cm³/mol. The number of carbonyl (C=O) groups is 2. The van der Waals surface area contributed by atoms with E-state index in [-0.39, 0.29) is 0 Å². The van der Waals surface area contributed by atoms with Gasteiger partial charge in [-0.05, 0) is 5.56 Å². The molecule has 0 saturated heterocycles. The maximum absolute atomic E-state index is 10.9. The molecule has 1 rings (SSSR count). The number of likely N-dealkylation sites (N-methyl/N-ethyl adjacent to an activating group) is 1. The monoisotopic (exact) mass is 177 g/mol. The Bertz CT molecular complexity index is 295. The third-order valence-corrected chi connectivity index (χ3v) is 1.74. The molecular formula is C10H11NO2. The van der Waals surface area contributed by atoms with Crippen LogP contribution in [0.25, 0.3) is 0 Å². The maximum atomic E-state index is 10.9. The number of carbonyl (C=O) groups excluding carboxylic acids is 2. The molecule has 0 unspecified atom stereocenters. The molecule has 13 heavy (non-hydrogen) atoms. The molecule has 0 atom stereocenters. The number of benzene rings is 1. The molecule has 0 spiro atoms. The molecule has 0 aromatic heterocycles. The van der Waals surface area contributed by atoms with Gasteiger partial charge in [0, 0.05) is 13.6 Å². The van der Waals surface area contributed by atoms with Gasteiger partial charge in [-0.25, -0.2) is 0 Å². The number of nitrogens with zero attached hydrogens (tertiary/aromatic N) is 1. The summed E-state index contributed by atoms with van der Waals surface area (Å²) in [5, 5.41) is 0. The summed E-state index contributed by atoms with van der Waals surface area (Å²) < 4.78 is 0. The molecule has 0 heterocycles. The lowest BCUT2D eigenvalue weighted by atomic mass is 10.2. The van der Waals surface area contributed by atoms with Crippen LogP contribution in [0, 0.1) is 0 Å². The van der Waals surface area contributed by atoms with Crippen molar-refractivity contribution in [3.63, 3.8) is 0 Å². The molecule has 0 bridgehead atoms.